The van der Waals surface area contributed by atoms with Gasteiger partial charge in [0, 0.05) is 37.7 Å². The van der Waals surface area contributed by atoms with Crippen LogP contribution in [0, 0.1) is 12.3 Å². The number of nitrogens with one attached hydrogen (secondary N) is 1. The van der Waals surface area contributed by atoms with E-state index in [-0.39, 0.29) is 5.91 Å². The second-order valence-electron chi connectivity index (χ2n) is 5.40. The molecule has 6 heteroatoms. The molecule has 0 spiro atoms. The highest BCUT2D eigenvalue weighted by Crippen LogP contribution is 2.15. The Morgan fingerprint density at radius 2 is 1.87 bits per heavy atom. The lowest BCUT2D eigenvalue weighted by Crippen LogP contribution is -2.50. The third-order valence-corrected chi connectivity index (χ3v) is 3.96. The van der Waals surface area contributed by atoms with E-state index < -0.39 is 0 Å². The third kappa shape index (κ3) is 6.49. The fourth-order valence-corrected chi connectivity index (χ4v) is 2.53. The number of terminal acetylenes is 1. The first kappa shape index (κ1) is 17.6. The van der Waals surface area contributed by atoms with E-state index in [1.54, 1.807) is 0 Å². The predicted molar refractivity (Wildman–Crippen MR) is 91.7 cm³/mol. The van der Waals surface area contributed by atoms with Crippen LogP contribution in [0.25, 0.3) is 0 Å². The average Bonchev–Trinajstić information content (AvgIpc) is 2.56. The van der Waals surface area contributed by atoms with Crippen LogP contribution in [0.5, 0.6) is 5.75 Å². The largest absolute Gasteiger partial charge is 0.492 e. The van der Waals surface area contributed by atoms with Crippen molar-refractivity contribution in [3.8, 4) is 18.1 Å². The first-order chi connectivity index (χ1) is 11.2. The fraction of sp³-hybridized carbons (Fsp3) is 0.471. The van der Waals surface area contributed by atoms with Crippen LogP contribution in [0.3, 0.4) is 0 Å². The van der Waals surface area contributed by atoms with Crippen LogP contribution < -0.4 is 10.1 Å². The van der Waals surface area contributed by atoms with Gasteiger partial charge in [0.05, 0.1) is 13.1 Å². The smallest absolute Gasteiger partial charge is 0.234 e. The molecule has 1 aromatic carbocycles. The van der Waals surface area contributed by atoms with Gasteiger partial charge in [-0.25, -0.2) is 0 Å². The van der Waals surface area contributed by atoms with Gasteiger partial charge in [0.2, 0.25) is 5.91 Å². The lowest BCUT2D eigenvalue weighted by Gasteiger charge is -2.34. The minimum absolute atomic E-state index is 0.0116. The SMILES string of the molecule is C#CCNC(=O)CN1CCN(CCOc2ccc(Cl)cc2)CC1. The molecule has 0 saturated carbocycles. The highest BCUT2D eigenvalue weighted by molar-refractivity contribution is 6.30. The number of carbonyl (C=O) groups is 1. The van der Waals surface area contributed by atoms with Crippen LogP contribution in [0.2, 0.25) is 5.02 Å². The fourth-order valence-electron chi connectivity index (χ4n) is 2.40. The van der Waals surface area contributed by atoms with E-state index in [2.05, 4.69) is 21.0 Å². The van der Waals surface area contributed by atoms with Gasteiger partial charge in [-0.15, -0.1) is 6.42 Å². The zero-order chi connectivity index (χ0) is 16.5. The standard InChI is InChI=1S/C17H22ClN3O2/c1-2-7-19-17(22)14-21-10-8-20(9-11-21)12-13-23-16-5-3-15(18)4-6-16/h1,3-6H,7-14H2,(H,19,22). The first-order valence-corrected chi connectivity index (χ1v) is 8.08. The Hall–Kier alpha value is -1.74. The van der Waals surface area contributed by atoms with E-state index in [1.807, 2.05) is 24.3 Å². The van der Waals surface area contributed by atoms with Gasteiger partial charge in [-0.2, -0.15) is 0 Å². The quantitative estimate of drug-likeness (QED) is 0.758. The summed E-state index contributed by atoms with van der Waals surface area (Å²) in [7, 11) is 0. The summed E-state index contributed by atoms with van der Waals surface area (Å²) in [5.74, 6) is 3.22. The topological polar surface area (TPSA) is 44.8 Å². The van der Waals surface area contributed by atoms with Crippen molar-refractivity contribution >= 4 is 17.5 Å². The Morgan fingerprint density at radius 3 is 2.52 bits per heavy atom. The normalized spacial score (nSPS) is 15.8. The van der Waals surface area contributed by atoms with E-state index in [4.69, 9.17) is 22.8 Å². The average molecular weight is 336 g/mol. The van der Waals surface area contributed by atoms with E-state index in [9.17, 15) is 4.79 Å². The zero-order valence-corrected chi connectivity index (χ0v) is 13.9. The van der Waals surface area contributed by atoms with Crippen LogP contribution in [-0.2, 0) is 4.79 Å². The predicted octanol–water partition coefficient (Wildman–Crippen LogP) is 1.09. The summed E-state index contributed by atoms with van der Waals surface area (Å²) >= 11 is 5.84. The molecule has 124 valence electrons. The van der Waals surface area contributed by atoms with E-state index >= 15 is 0 Å². The highest BCUT2D eigenvalue weighted by Gasteiger charge is 2.18. The molecular weight excluding hydrogens is 314 g/mol. The minimum atomic E-state index is -0.0116. The molecule has 1 fully saturated rings. The molecule has 5 nitrogen and oxygen atoms in total. The number of hydrogen-bond donors (Lipinski definition) is 1. The van der Waals surface area contributed by atoms with Crippen molar-refractivity contribution in [1.82, 2.24) is 15.1 Å². The van der Waals surface area contributed by atoms with Gasteiger partial charge >= 0.3 is 0 Å². The molecule has 0 unspecified atom stereocenters. The van der Waals surface area contributed by atoms with Crippen LogP contribution in [0.4, 0.5) is 0 Å². The summed E-state index contributed by atoms with van der Waals surface area (Å²) in [6.45, 7) is 5.86. The molecule has 23 heavy (non-hydrogen) atoms. The number of hydrogen-bond acceptors (Lipinski definition) is 4. The van der Waals surface area contributed by atoms with E-state index in [1.165, 1.54) is 0 Å². The molecule has 1 N–H and O–H groups in total. The molecule has 0 aromatic heterocycles. The highest BCUT2D eigenvalue weighted by atomic mass is 35.5. The summed E-state index contributed by atoms with van der Waals surface area (Å²) in [5.41, 5.74) is 0. The second kappa shape index (κ2) is 9.41. The van der Waals surface area contributed by atoms with Gasteiger partial charge in [-0.3, -0.25) is 14.6 Å². The monoisotopic (exact) mass is 335 g/mol. The van der Waals surface area contributed by atoms with Gasteiger partial charge in [0.1, 0.15) is 12.4 Å². The van der Waals surface area contributed by atoms with Crippen LogP contribution in [0.15, 0.2) is 24.3 Å². The van der Waals surface area contributed by atoms with Crippen LogP contribution in [0.1, 0.15) is 0 Å². The van der Waals surface area contributed by atoms with Gasteiger partial charge < -0.3 is 10.1 Å². The maximum absolute atomic E-state index is 11.6. The van der Waals surface area contributed by atoms with E-state index in [0.717, 1.165) is 38.5 Å². The number of rotatable bonds is 7. The number of amides is 1. The van der Waals surface area contributed by atoms with Gasteiger partial charge in [0.15, 0.2) is 0 Å². The number of nitrogens with zero attached hydrogens (tertiary/aromatic N) is 2. The van der Waals surface area contributed by atoms with Crippen molar-refractivity contribution in [3.05, 3.63) is 29.3 Å². The molecule has 1 aromatic rings. The Balaban J connectivity index is 1.60. The molecular formula is C17H22ClN3O2. The number of halogens is 1. The van der Waals surface area contributed by atoms with Gasteiger partial charge in [0.25, 0.3) is 0 Å². The number of piperazine rings is 1. The molecule has 0 atom stereocenters. The van der Waals surface area contributed by atoms with Crippen molar-refractivity contribution in [2.24, 2.45) is 0 Å². The van der Waals surface area contributed by atoms with Gasteiger partial charge in [-0.1, -0.05) is 17.5 Å². The number of carbonyl (C=O) groups excluding carboxylic acids is 1. The first-order valence-electron chi connectivity index (χ1n) is 7.70. The van der Waals surface area contributed by atoms with Gasteiger partial charge in [-0.05, 0) is 24.3 Å². The molecule has 1 aliphatic heterocycles. The van der Waals surface area contributed by atoms with Crippen molar-refractivity contribution in [1.29, 1.82) is 0 Å². The third-order valence-electron chi connectivity index (χ3n) is 3.71. The van der Waals surface area contributed by atoms with E-state index in [0.29, 0.717) is 24.7 Å². The summed E-state index contributed by atoms with van der Waals surface area (Å²) in [6, 6.07) is 7.38. The van der Waals surface area contributed by atoms with Crippen molar-refractivity contribution in [2.45, 2.75) is 0 Å². The molecule has 1 aliphatic rings. The Bertz CT molecular complexity index is 534. The zero-order valence-electron chi connectivity index (χ0n) is 13.1. The summed E-state index contributed by atoms with van der Waals surface area (Å²) in [5, 5.41) is 3.40. The molecule has 1 saturated heterocycles. The molecule has 0 aliphatic carbocycles. The molecule has 0 radical (unpaired) electrons. The van der Waals surface area contributed by atoms with Crippen molar-refractivity contribution in [2.75, 3.05) is 52.4 Å². The second-order valence-corrected chi connectivity index (χ2v) is 5.84. The summed E-state index contributed by atoms with van der Waals surface area (Å²) < 4.78 is 5.70. The van der Waals surface area contributed by atoms with Crippen molar-refractivity contribution < 1.29 is 9.53 Å². The Labute approximate surface area is 142 Å². The Kier molecular flexibility index (Phi) is 7.21. The number of benzene rings is 1. The summed E-state index contributed by atoms with van der Waals surface area (Å²) in [4.78, 5) is 16.1. The molecule has 1 amide bonds. The van der Waals surface area contributed by atoms with Crippen LogP contribution in [-0.4, -0.2) is 68.1 Å². The lowest BCUT2D eigenvalue weighted by molar-refractivity contribution is -0.122. The molecule has 0 bridgehead atoms. The number of ether oxygens (including phenoxy) is 1. The summed E-state index contributed by atoms with van der Waals surface area (Å²) in [6.07, 6.45) is 5.12. The lowest BCUT2D eigenvalue weighted by atomic mass is 10.3. The maximum atomic E-state index is 11.6. The molecule has 1 heterocycles. The Morgan fingerprint density at radius 1 is 1.22 bits per heavy atom. The van der Waals surface area contributed by atoms with Crippen LogP contribution >= 0.6 is 11.6 Å². The maximum Gasteiger partial charge on any atom is 0.234 e. The molecule has 2 rings (SSSR count). The minimum Gasteiger partial charge on any atom is -0.492 e. The van der Waals surface area contributed by atoms with Crippen molar-refractivity contribution in [3.63, 3.8) is 0 Å².